The zero-order valence-corrected chi connectivity index (χ0v) is 7.73. The van der Waals surface area contributed by atoms with E-state index >= 15 is 0 Å². The lowest BCUT2D eigenvalue weighted by Crippen LogP contribution is -2.36. The van der Waals surface area contributed by atoms with Crippen LogP contribution in [0.5, 0.6) is 0 Å². The maximum Gasteiger partial charge on any atom is 0.191 e. The Hall–Kier alpha value is -0.320. The van der Waals surface area contributed by atoms with E-state index in [1.54, 1.807) is 7.05 Å². The van der Waals surface area contributed by atoms with Gasteiger partial charge in [0.2, 0.25) is 0 Å². The smallest absolute Gasteiger partial charge is 0.191 e. The summed E-state index contributed by atoms with van der Waals surface area (Å²) in [5.41, 5.74) is 5.34. The molecule has 0 saturated heterocycles. The van der Waals surface area contributed by atoms with Crippen molar-refractivity contribution in [2.75, 3.05) is 33.9 Å². The number of nitrogens with two attached hydrogens (primary N) is 1. The van der Waals surface area contributed by atoms with Gasteiger partial charge in [-0.2, -0.15) is 0 Å². The van der Waals surface area contributed by atoms with Crippen LogP contribution in [-0.4, -0.2) is 44.0 Å². The highest BCUT2D eigenvalue weighted by atomic mass is 35.5. The van der Waals surface area contributed by atoms with Gasteiger partial charge in [0, 0.05) is 20.1 Å². The number of halogens is 1. The third-order valence-corrected chi connectivity index (χ3v) is 1.50. The largest absolute Gasteiger partial charge is 0.348 e. The molecule has 0 saturated carbocycles. The fourth-order valence-electron chi connectivity index (χ4n) is 0.579. The van der Waals surface area contributed by atoms with E-state index < -0.39 is 0 Å². The molecule has 0 fully saturated rings. The standard InChI is InChI=1S/C6H15ClN4/c1-9-6(7)10-5-11(2)4-3-8/h3-5,8H2,1-2H3,(H,9,10). The second-order valence-corrected chi connectivity index (χ2v) is 2.58. The van der Waals surface area contributed by atoms with Crippen molar-refractivity contribution in [2.24, 2.45) is 10.7 Å². The highest BCUT2D eigenvalue weighted by Gasteiger charge is 1.95. The molecule has 0 radical (unpaired) electrons. The number of likely N-dealkylation sites (N-methyl/N-ethyl adjacent to an activating group) is 1. The summed E-state index contributed by atoms with van der Waals surface area (Å²) in [6, 6.07) is 0. The van der Waals surface area contributed by atoms with Crippen molar-refractivity contribution < 1.29 is 0 Å². The van der Waals surface area contributed by atoms with Crippen molar-refractivity contribution in [1.29, 1.82) is 0 Å². The van der Waals surface area contributed by atoms with Crippen LogP contribution in [0, 0.1) is 0 Å². The summed E-state index contributed by atoms with van der Waals surface area (Å²) in [6.45, 7) is 2.17. The molecule has 66 valence electrons. The first-order valence-electron chi connectivity index (χ1n) is 3.45. The van der Waals surface area contributed by atoms with Crippen LogP contribution >= 0.6 is 11.6 Å². The van der Waals surface area contributed by atoms with Gasteiger partial charge in [-0.3, -0.25) is 9.89 Å². The van der Waals surface area contributed by atoms with Gasteiger partial charge in [-0.15, -0.1) is 0 Å². The van der Waals surface area contributed by atoms with Crippen LogP contribution in [0.1, 0.15) is 0 Å². The lowest BCUT2D eigenvalue weighted by atomic mass is 10.6. The second-order valence-electron chi connectivity index (χ2n) is 2.22. The van der Waals surface area contributed by atoms with Gasteiger partial charge in [-0.25, -0.2) is 0 Å². The molecule has 0 spiro atoms. The monoisotopic (exact) mass is 178 g/mol. The summed E-state index contributed by atoms with van der Waals surface area (Å²) in [4.78, 5) is 5.76. The van der Waals surface area contributed by atoms with E-state index in [1.807, 2.05) is 11.9 Å². The highest BCUT2D eigenvalue weighted by molar-refractivity contribution is 6.64. The van der Waals surface area contributed by atoms with Crippen LogP contribution in [0.15, 0.2) is 4.99 Å². The first-order valence-corrected chi connectivity index (χ1v) is 3.83. The summed E-state index contributed by atoms with van der Waals surface area (Å²) in [5.74, 6) is 0. The SMILES string of the molecule is CN=C(Cl)NCN(C)CCN. The second kappa shape index (κ2) is 6.39. The van der Waals surface area contributed by atoms with Gasteiger partial charge < -0.3 is 11.1 Å². The van der Waals surface area contributed by atoms with E-state index in [0.717, 1.165) is 6.54 Å². The van der Waals surface area contributed by atoms with Crippen molar-refractivity contribution in [3.63, 3.8) is 0 Å². The van der Waals surface area contributed by atoms with Crippen LogP contribution in [0.2, 0.25) is 0 Å². The molecule has 0 aliphatic heterocycles. The topological polar surface area (TPSA) is 53.7 Å². The molecule has 0 unspecified atom stereocenters. The van der Waals surface area contributed by atoms with Crippen molar-refractivity contribution in [1.82, 2.24) is 10.2 Å². The number of nitrogens with zero attached hydrogens (tertiary/aromatic N) is 2. The van der Waals surface area contributed by atoms with Crippen molar-refractivity contribution in [2.45, 2.75) is 0 Å². The average Bonchev–Trinajstić information content (AvgIpc) is 2.01. The van der Waals surface area contributed by atoms with Crippen LogP contribution in [0.3, 0.4) is 0 Å². The van der Waals surface area contributed by atoms with Gasteiger partial charge in [0.25, 0.3) is 0 Å². The van der Waals surface area contributed by atoms with Crippen LogP contribution in [0.4, 0.5) is 0 Å². The first-order chi connectivity index (χ1) is 5.20. The Morgan fingerprint density at radius 2 is 2.36 bits per heavy atom. The number of amidine groups is 1. The van der Waals surface area contributed by atoms with Gasteiger partial charge >= 0.3 is 0 Å². The van der Waals surface area contributed by atoms with E-state index in [4.69, 9.17) is 17.3 Å². The lowest BCUT2D eigenvalue weighted by molar-refractivity contribution is 0.338. The molecular weight excluding hydrogens is 164 g/mol. The van der Waals surface area contributed by atoms with E-state index in [2.05, 4.69) is 10.3 Å². The fourth-order valence-corrected chi connectivity index (χ4v) is 0.638. The van der Waals surface area contributed by atoms with Gasteiger partial charge in [0.1, 0.15) is 0 Å². The van der Waals surface area contributed by atoms with Crippen LogP contribution in [0.25, 0.3) is 0 Å². The van der Waals surface area contributed by atoms with E-state index in [-0.39, 0.29) is 0 Å². The fraction of sp³-hybridized carbons (Fsp3) is 0.833. The summed E-state index contributed by atoms with van der Waals surface area (Å²) >= 11 is 5.59. The molecule has 0 aromatic carbocycles. The molecule has 0 aliphatic carbocycles. The quantitative estimate of drug-likeness (QED) is 0.268. The minimum Gasteiger partial charge on any atom is -0.348 e. The van der Waals surface area contributed by atoms with Gasteiger partial charge in [0.05, 0.1) is 6.67 Å². The summed E-state index contributed by atoms with van der Waals surface area (Å²) in [6.07, 6.45) is 0. The van der Waals surface area contributed by atoms with Gasteiger partial charge in [-0.05, 0) is 18.6 Å². The molecule has 4 nitrogen and oxygen atoms in total. The number of nitrogens with one attached hydrogen (secondary N) is 1. The minimum absolute atomic E-state index is 0.425. The van der Waals surface area contributed by atoms with Crippen LogP contribution < -0.4 is 11.1 Å². The molecule has 0 amide bonds. The Morgan fingerprint density at radius 1 is 1.73 bits per heavy atom. The zero-order chi connectivity index (χ0) is 8.69. The highest BCUT2D eigenvalue weighted by Crippen LogP contribution is 1.80. The number of hydrogen-bond donors (Lipinski definition) is 2. The first kappa shape index (κ1) is 10.7. The van der Waals surface area contributed by atoms with E-state index in [1.165, 1.54) is 0 Å². The summed E-state index contributed by atoms with van der Waals surface area (Å²) in [5, 5.41) is 3.33. The molecule has 0 aliphatic rings. The maximum absolute atomic E-state index is 5.59. The van der Waals surface area contributed by atoms with E-state index in [0.29, 0.717) is 18.5 Å². The summed E-state index contributed by atoms with van der Waals surface area (Å²) < 4.78 is 0. The third kappa shape index (κ3) is 6.09. The molecule has 0 heterocycles. The number of aliphatic imine (C=N–C) groups is 1. The molecule has 0 aromatic rings. The molecule has 5 heteroatoms. The number of hydrogen-bond acceptors (Lipinski definition) is 3. The summed E-state index contributed by atoms with van der Waals surface area (Å²) in [7, 11) is 3.60. The molecule has 11 heavy (non-hydrogen) atoms. The van der Waals surface area contributed by atoms with Gasteiger partial charge in [-0.1, -0.05) is 0 Å². The van der Waals surface area contributed by atoms with Crippen molar-refractivity contribution in [3.05, 3.63) is 0 Å². The Labute approximate surface area is 72.4 Å². The predicted molar refractivity (Wildman–Crippen MR) is 48.9 cm³/mol. The van der Waals surface area contributed by atoms with Crippen molar-refractivity contribution >= 4 is 16.9 Å². The maximum atomic E-state index is 5.59. The van der Waals surface area contributed by atoms with Gasteiger partial charge in [0.15, 0.2) is 5.29 Å². The third-order valence-electron chi connectivity index (χ3n) is 1.20. The Bertz CT molecular complexity index is 126. The normalized spacial score (nSPS) is 12.3. The Morgan fingerprint density at radius 3 is 2.82 bits per heavy atom. The molecular formula is C6H15ClN4. The van der Waals surface area contributed by atoms with E-state index in [9.17, 15) is 0 Å². The molecule has 0 aromatic heterocycles. The average molecular weight is 179 g/mol. The Balaban J connectivity index is 3.37. The molecule has 0 bridgehead atoms. The minimum atomic E-state index is 0.425. The predicted octanol–water partition coefficient (Wildman–Crippen LogP) is -0.351. The molecule has 0 rings (SSSR count). The molecule has 3 N–H and O–H groups in total. The zero-order valence-electron chi connectivity index (χ0n) is 6.97. The molecule has 0 atom stereocenters. The van der Waals surface area contributed by atoms with Crippen LogP contribution in [-0.2, 0) is 0 Å². The van der Waals surface area contributed by atoms with Crippen molar-refractivity contribution in [3.8, 4) is 0 Å². The lowest BCUT2D eigenvalue weighted by Gasteiger charge is -2.15. The Kier molecular flexibility index (Phi) is 6.21. The number of rotatable bonds is 4.